The van der Waals surface area contributed by atoms with Gasteiger partial charge in [0.05, 0.1) is 27.6 Å². The van der Waals surface area contributed by atoms with Gasteiger partial charge >= 0.3 is 0 Å². The van der Waals surface area contributed by atoms with Crippen LogP contribution in [0.1, 0.15) is 11.4 Å². The fraction of sp³-hybridized carbons (Fsp3) is 0.0769. The first-order valence-electron chi connectivity index (χ1n) is 5.43. The van der Waals surface area contributed by atoms with E-state index in [0.717, 1.165) is 11.4 Å². The van der Waals surface area contributed by atoms with Crippen molar-refractivity contribution >= 4 is 46.7 Å². The highest BCUT2D eigenvalue weighted by Crippen LogP contribution is 2.33. The van der Waals surface area contributed by atoms with Crippen LogP contribution < -0.4 is 5.43 Å². The van der Waals surface area contributed by atoms with Crippen LogP contribution in [0.25, 0.3) is 0 Å². The molecular formula is C13H10Cl3N3. The predicted octanol–water partition coefficient (Wildman–Crippen LogP) is 4.80. The molecule has 0 aliphatic carbocycles. The van der Waals surface area contributed by atoms with Crippen LogP contribution in [0.4, 0.5) is 5.69 Å². The summed E-state index contributed by atoms with van der Waals surface area (Å²) in [5.41, 5.74) is 4.96. The average molecular weight is 315 g/mol. The van der Waals surface area contributed by atoms with Gasteiger partial charge in [-0.1, -0.05) is 40.9 Å². The predicted molar refractivity (Wildman–Crippen MR) is 81.7 cm³/mol. The number of aryl methyl sites for hydroxylation is 1. The van der Waals surface area contributed by atoms with Crippen LogP contribution in [0.2, 0.25) is 15.1 Å². The van der Waals surface area contributed by atoms with Crippen LogP contribution in [0, 0.1) is 6.92 Å². The first-order chi connectivity index (χ1) is 9.06. The summed E-state index contributed by atoms with van der Waals surface area (Å²) in [5, 5.41) is 5.35. The summed E-state index contributed by atoms with van der Waals surface area (Å²) in [4.78, 5) is 4.29. The molecule has 0 fully saturated rings. The van der Waals surface area contributed by atoms with Crippen molar-refractivity contribution in [2.75, 3.05) is 5.43 Å². The van der Waals surface area contributed by atoms with Gasteiger partial charge in [-0.25, -0.2) is 0 Å². The molecule has 2 aromatic rings. The van der Waals surface area contributed by atoms with E-state index in [1.165, 1.54) is 0 Å². The minimum Gasteiger partial charge on any atom is -0.275 e. The van der Waals surface area contributed by atoms with Gasteiger partial charge in [0.2, 0.25) is 0 Å². The Morgan fingerprint density at radius 2 is 1.84 bits per heavy atom. The Morgan fingerprint density at radius 3 is 2.47 bits per heavy atom. The molecule has 1 heterocycles. The van der Waals surface area contributed by atoms with Gasteiger partial charge in [-0.3, -0.25) is 10.4 Å². The third-order valence-corrected chi connectivity index (χ3v) is 3.10. The number of hydrazone groups is 1. The van der Waals surface area contributed by atoms with E-state index in [-0.39, 0.29) is 0 Å². The molecule has 98 valence electrons. The summed E-state index contributed by atoms with van der Waals surface area (Å²) >= 11 is 17.9. The average Bonchev–Trinajstić information content (AvgIpc) is 2.32. The molecule has 1 aromatic heterocycles. The third-order valence-electron chi connectivity index (χ3n) is 2.29. The topological polar surface area (TPSA) is 37.3 Å². The SMILES string of the molecule is Cc1cccc(/C=N/Nc2c(Cl)cc(Cl)cc2Cl)n1. The molecule has 19 heavy (non-hydrogen) atoms. The number of nitrogens with one attached hydrogen (secondary N) is 1. The van der Waals surface area contributed by atoms with Gasteiger partial charge < -0.3 is 0 Å². The Morgan fingerprint density at radius 1 is 1.16 bits per heavy atom. The summed E-state index contributed by atoms with van der Waals surface area (Å²) in [7, 11) is 0. The fourth-order valence-electron chi connectivity index (χ4n) is 1.45. The van der Waals surface area contributed by atoms with Crippen molar-refractivity contribution in [3.05, 3.63) is 56.8 Å². The molecule has 0 saturated heterocycles. The molecule has 3 nitrogen and oxygen atoms in total. The molecule has 0 amide bonds. The van der Waals surface area contributed by atoms with E-state index in [9.17, 15) is 0 Å². The summed E-state index contributed by atoms with van der Waals surface area (Å²) in [6.07, 6.45) is 1.59. The van der Waals surface area contributed by atoms with E-state index in [0.29, 0.717) is 20.8 Å². The van der Waals surface area contributed by atoms with Crippen LogP contribution >= 0.6 is 34.8 Å². The zero-order valence-corrected chi connectivity index (χ0v) is 12.3. The Balaban J connectivity index is 2.15. The van der Waals surface area contributed by atoms with Gasteiger partial charge in [0.1, 0.15) is 0 Å². The molecular weight excluding hydrogens is 305 g/mol. The number of pyridine rings is 1. The van der Waals surface area contributed by atoms with Crippen LogP contribution in [-0.4, -0.2) is 11.2 Å². The normalized spacial score (nSPS) is 10.9. The monoisotopic (exact) mass is 313 g/mol. The number of rotatable bonds is 3. The lowest BCUT2D eigenvalue weighted by Gasteiger charge is -2.06. The molecule has 0 bridgehead atoms. The van der Waals surface area contributed by atoms with E-state index in [1.54, 1.807) is 18.3 Å². The number of halogens is 3. The van der Waals surface area contributed by atoms with Crippen molar-refractivity contribution < 1.29 is 0 Å². The second-order valence-electron chi connectivity index (χ2n) is 3.82. The highest BCUT2D eigenvalue weighted by Gasteiger charge is 2.06. The minimum absolute atomic E-state index is 0.409. The van der Waals surface area contributed by atoms with Crippen LogP contribution in [-0.2, 0) is 0 Å². The molecule has 1 N–H and O–H groups in total. The van der Waals surface area contributed by atoms with E-state index in [2.05, 4.69) is 15.5 Å². The van der Waals surface area contributed by atoms with Crippen LogP contribution in [0.5, 0.6) is 0 Å². The van der Waals surface area contributed by atoms with Crippen molar-refractivity contribution in [3.8, 4) is 0 Å². The van der Waals surface area contributed by atoms with E-state index < -0.39 is 0 Å². The first-order valence-corrected chi connectivity index (χ1v) is 6.57. The number of nitrogens with zero attached hydrogens (tertiary/aromatic N) is 2. The van der Waals surface area contributed by atoms with Gasteiger partial charge in [-0.15, -0.1) is 0 Å². The molecule has 0 aliphatic rings. The quantitative estimate of drug-likeness (QED) is 0.653. The number of aromatic nitrogens is 1. The van der Waals surface area contributed by atoms with Crippen molar-refractivity contribution in [3.63, 3.8) is 0 Å². The maximum Gasteiger partial charge on any atom is 0.0935 e. The number of anilines is 1. The second kappa shape index (κ2) is 6.24. The lowest BCUT2D eigenvalue weighted by molar-refractivity contribution is 1.18. The standard InChI is InChI=1S/C13H10Cl3N3/c1-8-3-2-4-10(18-8)7-17-19-13-11(15)5-9(14)6-12(13)16/h2-7,19H,1H3/b17-7+. The van der Waals surface area contributed by atoms with Gasteiger partial charge in [0.25, 0.3) is 0 Å². The molecule has 0 atom stereocenters. The molecule has 0 unspecified atom stereocenters. The van der Waals surface area contributed by atoms with Crippen molar-refractivity contribution in [2.24, 2.45) is 5.10 Å². The summed E-state index contributed by atoms with van der Waals surface area (Å²) < 4.78 is 0. The maximum absolute atomic E-state index is 6.02. The fourth-order valence-corrected chi connectivity index (χ4v) is 2.35. The lowest BCUT2D eigenvalue weighted by Crippen LogP contribution is -1.95. The van der Waals surface area contributed by atoms with Crippen molar-refractivity contribution in [1.82, 2.24) is 4.98 Å². The summed E-state index contributed by atoms with van der Waals surface area (Å²) in [6.45, 7) is 1.91. The van der Waals surface area contributed by atoms with E-state index in [1.807, 2.05) is 25.1 Å². The molecule has 2 rings (SSSR count). The highest BCUT2D eigenvalue weighted by atomic mass is 35.5. The molecule has 0 radical (unpaired) electrons. The Hall–Kier alpha value is -1.29. The third kappa shape index (κ3) is 3.83. The Kier molecular flexibility index (Phi) is 4.64. The number of hydrogen-bond donors (Lipinski definition) is 1. The zero-order chi connectivity index (χ0) is 13.8. The van der Waals surface area contributed by atoms with Gasteiger partial charge in [-0.05, 0) is 31.2 Å². The zero-order valence-electron chi connectivity index (χ0n) is 9.99. The van der Waals surface area contributed by atoms with Gasteiger partial charge in [0, 0.05) is 10.7 Å². The molecule has 6 heteroatoms. The first kappa shape index (κ1) is 14.1. The van der Waals surface area contributed by atoms with E-state index in [4.69, 9.17) is 34.8 Å². The summed E-state index contributed by atoms with van der Waals surface area (Å²) in [5.74, 6) is 0. The van der Waals surface area contributed by atoms with Crippen LogP contribution in [0.15, 0.2) is 35.4 Å². The van der Waals surface area contributed by atoms with E-state index >= 15 is 0 Å². The second-order valence-corrected chi connectivity index (χ2v) is 5.07. The van der Waals surface area contributed by atoms with Crippen molar-refractivity contribution in [2.45, 2.75) is 6.92 Å². The molecule has 1 aromatic carbocycles. The molecule has 0 spiro atoms. The lowest BCUT2D eigenvalue weighted by atomic mass is 10.3. The van der Waals surface area contributed by atoms with Gasteiger partial charge in [0.15, 0.2) is 0 Å². The van der Waals surface area contributed by atoms with Crippen LogP contribution in [0.3, 0.4) is 0 Å². The smallest absolute Gasteiger partial charge is 0.0935 e. The number of hydrogen-bond acceptors (Lipinski definition) is 3. The highest BCUT2D eigenvalue weighted by molar-refractivity contribution is 6.41. The molecule has 0 aliphatic heterocycles. The maximum atomic E-state index is 6.02. The Bertz CT molecular complexity index is 603. The summed E-state index contributed by atoms with van der Waals surface area (Å²) in [6, 6.07) is 8.86. The van der Waals surface area contributed by atoms with Gasteiger partial charge in [-0.2, -0.15) is 5.10 Å². The van der Waals surface area contributed by atoms with Crippen molar-refractivity contribution in [1.29, 1.82) is 0 Å². The molecule has 0 saturated carbocycles. The minimum atomic E-state index is 0.409. The number of benzene rings is 1. The Labute approximate surface area is 126 Å². The largest absolute Gasteiger partial charge is 0.275 e.